The Morgan fingerprint density at radius 1 is 1.44 bits per heavy atom. The van der Waals surface area contributed by atoms with Crippen LogP contribution in [-0.4, -0.2) is 27.7 Å². The summed E-state index contributed by atoms with van der Waals surface area (Å²) in [6.45, 7) is 6.48. The molecule has 0 saturated heterocycles. The quantitative estimate of drug-likeness (QED) is 0.717. The number of nitrogens with one attached hydrogen (secondary N) is 1. The van der Waals surface area contributed by atoms with Crippen molar-refractivity contribution in [2.75, 3.05) is 17.7 Å². The van der Waals surface area contributed by atoms with Crippen LogP contribution in [0.5, 0.6) is 0 Å². The number of aliphatic hydroxyl groups is 1. The Morgan fingerprint density at radius 3 is 2.62 bits per heavy atom. The molecule has 5 heteroatoms. The van der Waals surface area contributed by atoms with Crippen LogP contribution in [0.3, 0.4) is 0 Å². The summed E-state index contributed by atoms with van der Waals surface area (Å²) >= 11 is 0. The zero-order valence-corrected chi connectivity index (χ0v) is 10.1. The minimum absolute atomic E-state index is 0.0367. The van der Waals surface area contributed by atoms with Gasteiger partial charge in [-0.15, -0.1) is 0 Å². The molecule has 0 aliphatic carbocycles. The van der Waals surface area contributed by atoms with Crippen LogP contribution in [0.1, 0.15) is 27.2 Å². The highest BCUT2D eigenvalue weighted by atomic mass is 16.3. The molecule has 1 heterocycles. The predicted molar refractivity (Wildman–Crippen MR) is 65.0 cm³/mol. The minimum atomic E-state index is 0.0367. The standard InChI is InChI=1S/C11H20N4O/c1-11(2,3)8(4-5-16)14-10-7-13-6-9(12)15-10/h6-8,16H,4-5H2,1-3H3,(H3,12,14,15). The van der Waals surface area contributed by atoms with E-state index in [0.29, 0.717) is 18.1 Å². The predicted octanol–water partition coefficient (Wildman–Crippen LogP) is 1.27. The fraction of sp³-hybridized carbons (Fsp3) is 0.636. The Hall–Kier alpha value is -1.36. The van der Waals surface area contributed by atoms with Crippen molar-refractivity contribution in [1.29, 1.82) is 0 Å². The number of rotatable bonds is 4. The second-order valence-electron chi connectivity index (χ2n) is 4.90. The maximum absolute atomic E-state index is 9.03. The number of hydrogen-bond donors (Lipinski definition) is 3. The smallest absolute Gasteiger partial charge is 0.147 e. The molecule has 5 nitrogen and oxygen atoms in total. The highest BCUT2D eigenvalue weighted by Crippen LogP contribution is 2.24. The summed E-state index contributed by atoms with van der Waals surface area (Å²) in [4.78, 5) is 8.10. The number of aromatic nitrogens is 2. The summed E-state index contributed by atoms with van der Waals surface area (Å²) in [7, 11) is 0. The van der Waals surface area contributed by atoms with E-state index in [4.69, 9.17) is 10.8 Å². The topological polar surface area (TPSA) is 84.1 Å². The van der Waals surface area contributed by atoms with Gasteiger partial charge >= 0.3 is 0 Å². The van der Waals surface area contributed by atoms with E-state index < -0.39 is 0 Å². The van der Waals surface area contributed by atoms with E-state index in [-0.39, 0.29) is 18.1 Å². The molecule has 0 amide bonds. The van der Waals surface area contributed by atoms with Gasteiger partial charge in [-0.1, -0.05) is 20.8 Å². The highest BCUT2D eigenvalue weighted by molar-refractivity contribution is 5.39. The summed E-state index contributed by atoms with van der Waals surface area (Å²) in [5.74, 6) is 1.04. The Morgan fingerprint density at radius 2 is 2.12 bits per heavy atom. The fourth-order valence-corrected chi connectivity index (χ4v) is 1.48. The maximum atomic E-state index is 9.03. The number of anilines is 2. The van der Waals surface area contributed by atoms with Gasteiger partial charge in [0, 0.05) is 12.6 Å². The molecule has 0 aromatic carbocycles. The molecular weight excluding hydrogens is 204 g/mol. The van der Waals surface area contributed by atoms with Crippen molar-refractivity contribution in [1.82, 2.24) is 9.97 Å². The number of nitrogen functional groups attached to an aromatic ring is 1. The van der Waals surface area contributed by atoms with Crippen molar-refractivity contribution in [3.63, 3.8) is 0 Å². The van der Waals surface area contributed by atoms with E-state index in [1.165, 1.54) is 6.20 Å². The van der Waals surface area contributed by atoms with Gasteiger partial charge in [0.15, 0.2) is 0 Å². The first-order valence-corrected chi connectivity index (χ1v) is 5.38. The summed E-state index contributed by atoms with van der Waals surface area (Å²) in [5, 5.41) is 12.3. The van der Waals surface area contributed by atoms with Crippen LogP contribution in [0.2, 0.25) is 0 Å². The zero-order chi connectivity index (χ0) is 12.2. The molecule has 90 valence electrons. The number of nitrogens with zero attached hydrogens (tertiary/aromatic N) is 2. The van der Waals surface area contributed by atoms with Crippen LogP contribution in [0.4, 0.5) is 11.6 Å². The molecule has 0 spiro atoms. The van der Waals surface area contributed by atoms with Crippen LogP contribution in [0.15, 0.2) is 12.4 Å². The molecule has 1 unspecified atom stereocenters. The van der Waals surface area contributed by atoms with E-state index >= 15 is 0 Å². The summed E-state index contributed by atoms with van der Waals surface area (Å²) in [5.41, 5.74) is 5.59. The van der Waals surface area contributed by atoms with Crippen molar-refractivity contribution < 1.29 is 5.11 Å². The van der Waals surface area contributed by atoms with E-state index in [2.05, 4.69) is 36.1 Å². The highest BCUT2D eigenvalue weighted by Gasteiger charge is 2.24. The van der Waals surface area contributed by atoms with E-state index in [1.807, 2.05) is 0 Å². The first-order chi connectivity index (χ1) is 7.43. The maximum Gasteiger partial charge on any atom is 0.147 e. The Kier molecular flexibility index (Phi) is 4.06. The van der Waals surface area contributed by atoms with Crippen LogP contribution < -0.4 is 11.1 Å². The van der Waals surface area contributed by atoms with Gasteiger partial charge in [-0.05, 0) is 11.8 Å². The summed E-state index contributed by atoms with van der Waals surface area (Å²) in [6, 6.07) is 0.133. The van der Waals surface area contributed by atoms with Crippen molar-refractivity contribution in [3.8, 4) is 0 Å². The average molecular weight is 224 g/mol. The van der Waals surface area contributed by atoms with E-state index in [9.17, 15) is 0 Å². The van der Waals surface area contributed by atoms with Crippen LogP contribution >= 0.6 is 0 Å². The van der Waals surface area contributed by atoms with Crippen molar-refractivity contribution in [3.05, 3.63) is 12.4 Å². The van der Waals surface area contributed by atoms with E-state index in [0.717, 1.165) is 0 Å². The normalized spacial score (nSPS) is 13.5. The van der Waals surface area contributed by atoms with Crippen molar-refractivity contribution >= 4 is 11.6 Å². The van der Waals surface area contributed by atoms with Crippen LogP contribution in [0.25, 0.3) is 0 Å². The van der Waals surface area contributed by atoms with Gasteiger partial charge in [-0.25, -0.2) is 4.98 Å². The van der Waals surface area contributed by atoms with Gasteiger partial charge in [-0.3, -0.25) is 4.98 Å². The third-order valence-corrected chi connectivity index (χ3v) is 2.44. The zero-order valence-electron chi connectivity index (χ0n) is 10.1. The van der Waals surface area contributed by atoms with Gasteiger partial charge in [-0.2, -0.15) is 0 Å². The molecule has 1 aromatic rings. The third kappa shape index (κ3) is 3.66. The molecule has 0 saturated carbocycles. The first kappa shape index (κ1) is 12.7. The van der Waals surface area contributed by atoms with Gasteiger partial charge in [0.25, 0.3) is 0 Å². The Labute approximate surface area is 96.1 Å². The minimum Gasteiger partial charge on any atom is -0.396 e. The molecule has 1 rings (SSSR count). The molecule has 1 aromatic heterocycles. The monoisotopic (exact) mass is 224 g/mol. The fourth-order valence-electron chi connectivity index (χ4n) is 1.48. The molecule has 0 radical (unpaired) electrons. The second-order valence-corrected chi connectivity index (χ2v) is 4.90. The molecule has 0 aliphatic heterocycles. The molecule has 4 N–H and O–H groups in total. The SMILES string of the molecule is CC(C)(C)C(CCO)Nc1cncc(N)n1. The Balaban J connectivity index is 2.76. The summed E-state index contributed by atoms with van der Waals surface area (Å²) in [6.07, 6.45) is 3.80. The molecule has 16 heavy (non-hydrogen) atoms. The summed E-state index contributed by atoms with van der Waals surface area (Å²) < 4.78 is 0. The van der Waals surface area contributed by atoms with Gasteiger partial charge < -0.3 is 16.2 Å². The van der Waals surface area contributed by atoms with Crippen LogP contribution in [-0.2, 0) is 0 Å². The second kappa shape index (κ2) is 5.12. The van der Waals surface area contributed by atoms with Crippen LogP contribution in [0, 0.1) is 5.41 Å². The first-order valence-electron chi connectivity index (χ1n) is 5.38. The number of nitrogens with two attached hydrogens (primary N) is 1. The Bertz CT molecular complexity index is 335. The molecule has 1 atom stereocenters. The van der Waals surface area contributed by atoms with Gasteiger partial charge in [0.05, 0.1) is 12.4 Å². The largest absolute Gasteiger partial charge is 0.396 e. The third-order valence-electron chi connectivity index (χ3n) is 2.44. The lowest BCUT2D eigenvalue weighted by Gasteiger charge is -2.31. The lowest BCUT2D eigenvalue weighted by Crippen LogP contribution is -2.35. The molecule has 0 bridgehead atoms. The molecule has 0 fully saturated rings. The van der Waals surface area contributed by atoms with Crippen molar-refractivity contribution in [2.24, 2.45) is 5.41 Å². The lowest BCUT2D eigenvalue weighted by atomic mass is 9.85. The molecular formula is C11H20N4O. The van der Waals surface area contributed by atoms with Crippen molar-refractivity contribution in [2.45, 2.75) is 33.2 Å². The number of hydrogen-bond acceptors (Lipinski definition) is 5. The van der Waals surface area contributed by atoms with E-state index in [1.54, 1.807) is 6.20 Å². The lowest BCUT2D eigenvalue weighted by molar-refractivity contribution is 0.235. The average Bonchev–Trinajstić information content (AvgIpc) is 2.16. The molecule has 0 aliphatic rings. The number of aliphatic hydroxyl groups excluding tert-OH is 1. The van der Waals surface area contributed by atoms with Gasteiger partial charge in [0.1, 0.15) is 11.6 Å². The van der Waals surface area contributed by atoms with Gasteiger partial charge in [0.2, 0.25) is 0 Å².